The summed E-state index contributed by atoms with van der Waals surface area (Å²) in [6.45, 7) is 9.32. The third-order valence-corrected chi connectivity index (χ3v) is 8.14. The molecular formula is C34H44N2O9. The van der Waals surface area contributed by atoms with Crippen molar-refractivity contribution in [2.75, 3.05) is 19.8 Å². The molecular weight excluding hydrogens is 580 g/mol. The molecule has 11 heteroatoms. The Balaban J connectivity index is 1.41. The summed E-state index contributed by atoms with van der Waals surface area (Å²) in [6, 6.07) is 17.6. The van der Waals surface area contributed by atoms with Crippen molar-refractivity contribution in [2.45, 2.75) is 90.6 Å². The van der Waals surface area contributed by atoms with Crippen molar-refractivity contribution in [1.82, 2.24) is 9.80 Å². The molecule has 0 spiro atoms. The van der Waals surface area contributed by atoms with E-state index in [0.29, 0.717) is 0 Å². The first kappa shape index (κ1) is 33.9. The lowest BCUT2D eigenvalue weighted by Gasteiger charge is -2.34. The van der Waals surface area contributed by atoms with Crippen LogP contribution in [0, 0.1) is 5.92 Å². The number of ether oxygens (including phenoxy) is 5. The van der Waals surface area contributed by atoms with Crippen LogP contribution in [0.4, 0.5) is 9.59 Å². The van der Waals surface area contributed by atoms with Crippen molar-refractivity contribution >= 4 is 23.9 Å². The van der Waals surface area contributed by atoms with Gasteiger partial charge >= 0.3 is 18.2 Å². The molecule has 2 fully saturated rings. The number of carbonyl (C=O) groups is 4. The number of esters is 1. The predicted octanol–water partition coefficient (Wildman–Crippen LogP) is 5.45. The molecule has 2 aliphatic rings. The number of hydrogen-bond acceptors (Lipinski definition) is 9. The van der Waals surface area contributed by atoms with Gasteiger partial charge < -0.3 is 23.7 Å². The number of ketones is 1. The van der Waals surface area contributed by atoms with Gasteiger partial charge in [0.05, 0.1) is 31.9 Å². The Morgan fingerprint density at radius 3 is 1.71 bits per heavy atom. The Morgan fingerprint density at radius 1 is 0.756 bits per heavy atom. The minimum absolute atomic E-state index is 0.00846. The molecule has 0 aliphatic carbocycles. The summed E-state index contributed by atoms with van der Waals surface area (Å²) in [5, 5.41) is 0. The van der Waals surface area contributed by atoms with E-state index < -0.39 is 47.6 Å². The standard InChI is InChI=1S/C34H44N2O9/c1-6-41-30(38)28(19-27-23-45-34(4,5)36(27)32(40)43-21-25-15-11-8-12-16-25)29(37)18-17-26-22-44-33(2,3)35(26)31(39)42-20-24-13-9-7-10-14-24/h7-16,26-28H,6,17-23H2,1-5H3/t26-,27-,28?/m0/s1. The van der Waals surface area contributed by atoms with Gasteiger partial charge in [-0.15, -0.1) is 0 Å². The zero-order valence-electron chi connectivity index (χ0n) is 26.7. The second-order valence-corrected chi connectivity index (χ2v) is 12.2. The summed E-state index contributed by atoms with van der Waals surface area (Å²) in [6.07, 6.45) is -0.886. The molecule has 11 nitrogen and oxygen atoms in total. The summed E-state index contributed by atoms with van der Waals surface area (Å²) in [4.78, 5) is 56.1. The number of benzene rings is 2. The number of amides is 2. The fourth-order valence-electron chi connectivity index (χ4n) is 5.83. The minimum atomic E-state index is -1.13. The maximum atomic E-state index is 13.6. The van der Waals surface area contributed by atoms with Crippen LogP contribution in [0.2, 0.25) is 0 Å². The van der Waals surface area contributed by atoms with Gasteiger partial charge in [0, 0.05) is 6.42 Å². The third-order valence-electron chi connectivity index (χ3n) is 8.14. The zero-order chi connectivity index (χ0) is 32.6. The van der Waals surface area contributed by atoms with E-state index in [4.69, 9.17) is 23.7 Å². The second kappa shape index (κ2) is 14.9. The molecule has 2 amide bonds. The van der Waals surface area contributed by atoms with E-state index in [1.807, 2.05) is 60.7 Å². The largest absolute Gasteiger partial charge is 0.465 e. The molecule has 1 unspecified atom stereocenters. The molecule has 3 atom stereocenters. The van der Waals surface area contributed by atoms with Crippen LogP contribution in [0.1, 0.15) is 65.0 Å². The van der Waals surface area contributed by atoms with Crippen LogP contribution < -0.4 is 0 Å². The van der Waals surface area contributed by atoms with Crippen molar-refractivity contribution in [3.05, 3.63) is 71.8 Å². The van der Waals surface area contributed by atoms with Crippen molar-refractivity contribution in [3.63, 3.8) is 0 Å². The molecule has 2 heterocycles. The normalized spacial score (nSPS) is 20.8. The SMILES string of the molecule is CCOC(=O)C(C[C@H]1COC(C)(C)N1C(=O)OCc1ccccc1)C(=O)CC[C@H]1COC(C)(C)N1C(=O)OCc1ccccc1. The van der Waals surface area contributed by atoms with E-state index in [1.165, 1.54) is 9.80 Å². The highest BCUT2D eigenvalue weighted by atomic mass is 16.6. The fourth-order valence-corrected chi connectivity index (χ4v) is 5.83. The molecule has 0 bridgehead atoms. The van der Waals surface area contributed by atoms with E-state index in [1.54, 1.807) is 34.6 Å². The zero-order valence-corrected chi connectivity index (χ0v) is 26.7. The first-order valence-electron chi connectivity index (χ1n) is 15.4. The van der Waals surface area contributed by atoms with Gasteiger partial charge in [-0.3, -0.25) is 19.4 Å². The highest BCUT2D eigenvalue weighted by Crippen LogP contribution is 2.34. The predicted molar refractivity (Wildman–Crippen MR) is 164 cm³/mol. The van der Waals surface area contributed by atoms with Crippen LogP contribution in [0.5, 0.6) is 0 Å². The Labute approximate surface area is 264 Å². The van der Waals surface area contributed by atoms with Crippen LogP contribution in [-0.4, -0.2) is 77.1 Å². The van der Waals surface area contributed by atoms with Crippen LogP contribution >= 0.6 is 0 Å². The molecule has 0 saturated carbocycles. The van der Waals surface area contributed by atoms with Crippen molar-refractivity contribution in [3.8, 4) is 0 Å². The third kappa shape index (κ3) is 8.61. The van der Waals surface area contributed by atoms with Gasteiger partial charge in [-0.25, -0.2) is 9.59 Å². The van der Waals surface area contributed by atoms with E-state index in [9.17, 15) is 19.2 Å². The summed E-state index contributed by atoms with van der Waals surface area (Å²) >= 11 is 0. The molecule has 0 aromatic heterocycles. The average molecular weight is 625 g/mol. The van der Waals surface area contributed by atoms with Crippen LogP contribution in [-0.2, 0) is 46.5 Å². The van der Waals surface area contributed by atoms with Gasteiger partial charge in [-0.05, 0) is 58.6 Å². The summed E-state index contributed by atoms with van der Waals surface area (Å²) in [5.74, 6) is -2.14. The number of nitrogens with zero attached hydrogens (tertiary/aromatic N) is 2. The molecule has 2 aromatic carbocycles. The topological polar surface area (TPSA) is 121 Å². The highest BCUT2D eigenvalue weighted by Gasteiger charge is 2.48. The summed E-state index contributed by atoms with van der Waals surface area (Å²) in [5.41, 5.74) is -0.259. The van der Waals surface area contributed by atoms with E-state index >= 15 is 0 Å². The summed E-state index contributed by atoms with van der Waals surface area (Å²) in [7, 11) is 0. The van der Waals surface area contributed by atoms with Gasteiger partial charge in [0.1, 0.15) is 36.4 Å². The summed E-state index contributed by atoms with van der Waals surface area (Å²) < 4.78 is 28.2. The lowest BCUT2D eigenvalue weighted by Crippen LogP contribution is -2.49. The first-order valence-corrected chi connectivity index (χ1v) is 15.4. The maximum absolute atomic E-state index is 13.6. The van der Waals surface area contributed by atoms with Crippen LogP contribution in [0.25, 0.3) is 0 Å². The van der Waals surface area contributed by atoms with Crippen molar-refractivity contribution in [1.29, 1.82) is 0 Å². The van der Waals surface area contributed by atoms with Gasteiger partial charge in [0.25, 0.3) is 0 Å². The molecule has 2 aromatic rings. The number of rotatable bonds is 12. The molecule has 2 saturated heterocycles. The van der Waals surface area contributed by atoms with Gasteiger partial charge in [0.15, 0.2) is 0 Å². The average Bonchev–Trinajstić information content (AvgIpc) is 3.50. The number of Topliss-reactive ketones (excluding diaryl/α,β-unsaturated/α-hetero) is 1. The Bertz CT molecular complexity index is 1320. The highest BCUT2D eigenvalue weighted by molar-refractivity contribution is 5.99. The number of carbonyl (C=O) groups excluding carboxylic acids is 4. The van der Waals surface area contributed by atoms with E-state index in [-0.39, 0.29) is 58.1 Å². The Kier molecular flexibility index (Phi) is 11.2. The monoisotopic (exact) mass is 624 g/mol. The molecule has 45 heavy (non-hydrogen) atoms. The van der Waals surface area contributed by atoms with E-state index in [0.717, 1.165) is 11.1 Å². The van der Waals surface area contributed by atoms with Crippen molar-refractivity contribution < 1.29 is 42.9 Å². The van der Waals surface area contributed by atoms with Gasteiger partial charge in [0.2, 0.25) is 0 Å². The molecule has 4 rings (SSSR count). The Morgan fingerprint density at radius 2 is 1.22 bits per heavy atom. The van der Waals surface area contributed by atoms with Crippen LogP contribution in [0.15, 0.2) is 60.7 Å². The van der Waals surface area contributed by atoms with E-state index in [2.05, 4.69) is 0 Å². The molecule has 244 valence electrons. The molecule has 0 radical (unpaired) electrons. The Hall–Kier alpha value is -3.96. The molecule has 2 aliphatic heterocycles. The minimum Gasteiger partial charge on any atom is -0.465 e. The molecule has 0 N–H and O–H groups in total. The van der Waals surface area contributed by atoms with Gasteiger partial charge in [-0.1, -0.05) is 60.7 Å². The second-order valence-electron chi connectivity index (χ2n) is 12.2. The maximum Gasteiger partial charge on any atom is 0.412 e. The lowest BCUT2D eigenvalue weighted by atomic mass is 9.91. The quantitative estimate of drug-likeness (QED) is 0.172. The van der Waals surface area contributed by atoms with Crippen LogP contribution in [0.3, 0.4) is 0 Å². The van der Waals surface area contributed by atoms with Crippen molar-refractivity contribution in [2.24, 2.45) is 5.92 Å². The fraction of sp³-hybridized carbons (Fsp3) is 0.529. The first-order chi connectivity index (χ1) is 21.4. The van der Waals surface area contributed by atoms with Gasteiger partial charge in [-0.2, -0.15) is 0 Å². The number of hydrogen-bond donors (Lipinski definition) is 0. The lowest BCUT2D eigenvalue weighted by molar-refractivity contribution is -0.152. The smallest absolute Gasteiger partial charge is 0.412 e.